The van der Waals surface area contributed by atoms with Gasteiger partial charge in [0.15, 0.2) is 0 Å². The second kappa shape index (κ2) is 6.17. The first-order valence-corrected chi connectivity index (χ1v) is 4.98. The number of halogens is 1. The molecule has 1 rings (SSSR count). The number of aryl methyl sites for hydroxylation is 1. The van der Waals surface area contributed by atoms with E-state index in [0.717, 1.165) is 12.0 Å². The number of hydrogen-bond donors (Lipinski definition) is 0. The molecule has 0 saturated heterocycles. The van der Waals surface area contributed by atoms with E-state index in [1.807, 2.05) is 6.92 Å². The van der Waals surface area contributed by atoms with E-state index in [4.69, 9.17) is 11.6 Å². The monoisotopic (exact) mass is 226 g/mol. The van der Waals surface area contributed by atoms with Gasteiger partial charge in [0.05, 0.1) is 0 Å². The van der Waals surface area contributed by atoms with Gasteiger partial charge >= 0.3 is 29.6 Å². The molecule has 5 heteroatoms. The van der Waals surface area contributed by atoms with E-state index in [-0.39, 0.29) is 34.5 Å². The minimum Gasteiger partial charge on any atom is -0.768 e. The van der Waals surface area contributed by atoms with Gasteiger partial charge in [0.2, 0.25) is 0 Å². The van der Waals surface area contributed by atoms with E-state index >= 15 is 0 Å². The van der Waals surface area contributed by atoms with Gasteiger partial charge in [0.25, 0.3) is 0 Å². The molecule has 2 nitrogen and oxygen atoms in total. The smallest absolute Gasteiger partial charge is 0.768 e. The van der Waals surface area contributed by atoms with Crippen LogP contribution in [-0.4, -0.2) is 8.76 Å². The number of rotatable bonds is 2. The standard InChI is InChI=1S/C8H9ClO2S.Na/c1-2-6-3-4-7(12(10)11)5-8(6)9;/h3-5H,2H2,1H3,(H,10,11);/q;+1/p-1. The van der Waals surface area contributed by atoms with Crippen LogP contribution in [0.25, 0.3) is 0 Å². The van der Waals surface area contributed by atoms with Gasteiger partial charge in [0, 0.05) is 9.92 Å². The van der Waals surface area contributed by atoms with Crippen molar-refractivity contribution in [3.63, 3.8) is 0 Å². The quantitative estimate of drug-likeness (QED) is 0.487. The molecule has 0 aliphatic carbocycles. The van der Waals surface area contributed by atoms with Gasteiger partial charge in [-0.1, -0.05) is 24.6 Å². The van der Waals surface area contributed by atoms with Crippen molar-refractivity contribution in [2.45, 2.75) is 18.2 Å². The van der Waals surface area contributed by atoms with E-state index in [2.05, 4.69) is 0 Å². The van der Waals surface area contributed by atoms with Crippen molar-refractivity contribution < 1.29 is 38.3 Å². The van der Waals surface area contributed by atoms with Crippen LogP contribution in [0.5, 0.6) is 0 Å². The maximum atomic E-state index is 10.5. The Labute approximate surface area is 107 Å². The molecule has 1 unspecified atom stereocenters. The fraction of sp³-hybridized carbons (Fsp3) is 0.250. The van der Waals surface area contributed by atoms with Crippen molar-refractivity contribution in [3.8, 4) is 0 Å². The van der Waals surface area contributed by atoms with Crippen LogP contribution < -0.4 is 29.6 Å². The van der Waals surface area contributed by atoms with Crippen molar-refractivity contribution in [2.75, 3.05) is 0 Å². The first kappa shape index (κ1) is 13.6. The minimum absolute atomic E-state index is 0. The van der Waals surface area contributed by atoms with E-state index < -0.39 is 11.1 Å². The molecule has 0 saturated carbocycles. The molecule has 0 spiro atoms. The third-order valence-electron chi connectivity index (χ3n) is 1.60. The Bertz CT molecular complexity index is 317. The van der Waals surface area contributed by atoms with Gasteiger partial charge in [-0.2, -0.15) is 0 Å². The molecule has 1 aromatic rings. The summed E-state index contributed by atoms with van der Waals surface area (Å²) in [5, 5.41) is 0.513. The van der Waals surface area contributed by atoms with Crippen LogP contribution >= 0.6 is 11.6 Å². The average molecular weight is 227 g/mol. The van der Waals surface area contributed by atoms with E-state index in [1.54, 1.807) is 12.1 Å². The molecule has 13 heavy (non-hydrogen) atoms. The average Bonchev–Trinajstić information content (AvgIpc) is 2.04. The van der Waals surface area contributed by atoms with Crippen LogP contribution in [0.3, 0.4) is 0 Å². The second-order valence-corrected chi connectivity index (χ2v) is 3.69. The topological polar surface area (TPSA) is 40.1 Å². The Morgan fingerprint density at radius 1 is 1.54 bits per heavy atom. The molecule has 0 heterocycles. The van der Waals surface area contributed by atoms with Crippen molar-refractivity contribution >= 4 is 22.7 Å². The molecule has 1 atom stereocenters. The summed E-state index contributed by atoms with van der Waals surface area (Å²) in [7, 11) is 0. The van der Waals surface area contributed by atoms with Gasteiger partial charge in [0.1, 0.15) is 0 Å². The van der Waals surface area contributed by atoms with Gasteiger partial charge in [-0.3, -0.25) is 4.21 Å². The zero-order valence-corrected chi connectivity index (χ0v) is 11.1. The molecule has 0 aliphatic rings. The van der Waals surface area contributed by atoms with Crippen LogP contribution in [0.15, 0.2) is 23.1 Å². The molecule has 0 amide bonds. The van der Waals surface area contributed by atoms with E-state index in [9.17, 15) is 8.76 Å². The molecule has 66 valence electrons. The van der Waals surface area contributed by atoms with Crippen LogP contribution in [0.1, 0.15) is 12.5 Å². The summed E-state index contributed by atoms with van der Waals surface area (Å²) in [5.74, 6) is 0. The largest absolute Gasteiger partial charge is 1.00 e. The maximum absolute atomic E-state index is 10.5. The Balaban J connectivity index is 0.00000144. The molecular formula is C8H8ClNaO2S. The van der Waals surface area contributed by atoms with Crippen molar-refractivity contribution in [1.82, 2.24) is 0 Å². The summed E-state index contributed by atoms with van der Waals surface area (Å²) in [6.45, 7) is 1.97. The van der Waals surface area contributed by atoms with Crippen LogP contribution in [0.4, 0.5) is 0 Å². The van der Waals surface area contributed by atoms with Gasteiger partial charge < -0.3 is 4.55 Å². The molecular weight excluding hydrogens is 219 g/mol. The predicted octanol–water partition coefficient (Wildman–Crippen LogP) is -0.856. The summed E-state index contributed by atoms with van der Waals surface area (Å²) >= 11 is 3.62. The molecule has 0 aromatic heterocycles. The third kappa shape index (κ3) is 3.70. The molecule has 0 radical (unpaired) electrons. The Kier molecular flexibility index (Phi) is 6.46. The normalized spacial score (nSPS) is 11.9. The fourth-order valence-electron chi connectivity index (χ4n) is 0.918. The molecule has 0 fully saturated rings. The molecule has 0 aliphatic heterocycles. The second-order valence-electron chi connectivity index (χ2n) is 2.34. The predicted molar refractivity (Wildman–Crippen MR) is 48.0 cm³/mol. The van der Waals surface area contributed by atoms with Crippen molar-refractivity contribution in [2.24, 2.45) is 0 Å². The summed E-state index contributed by atoms with van der Waals surface area (Å²) in [4.78, 5) is 0.234. The van der Waals surface area contributed by atoms with Gasteiger partial charge in [-0.15, -0.1) is 0 Å². The molecule has 0 N–H and O–H groups in total. The van der Waals surface area contributed by atoms with Crippen LogP contribution in [-0.2, 0) is 17.5 Å². The Hall–Kier alpha value is 0.620. The maximum Gasteiger partial charge on any atom is 1.00 e. The van der Waals surface area contributed by atoms with Crippen molar-refractivity contribution in [3.05, 3.63) is 28.8 Å². The molecule has 1 aromatic carbocycles. The molecule has 0 bridgehead atoms. The third-order valence-corrected chi connectivity index (χ3v) is 2.59. The van der Waals surface area contributed by atoms with E-state index in [0.29, 0.717) is 5.02 Å². The Morgan fingerprint density at radius 3 is 2.54 bits per heavy atom. The Morgan fingerprint density at radius 2 is 2.15 bits per heavy atom. The van der Waals surface area contributed by atoms with Crippen LogP contribution in [0, 0.1) is 0 Å². The zero-order chi connectivity index (χ0) is 9.14. The van der Waals surface area contributed by atoms with Gasteiger partial charge in [-0.25, -0.2) is 0 Å². The number of hydrogen-bond acceptors (Lipinski definition) is 2. The minimum atomic E-state index is -2.18. The first-order valence-electron chi connectivity index (χ1n) is 3.53. The summed E-state index contributed by atoms with van der Waals surface area (Å²) in [5.41, 5.74) is 0.964. The number of benzene rings is 1. The van der Waals surface area contributed by atoms with E-state index in [1.165, 1.54) is 6.07 Å². The van der Waals surface area contributed by atoms with Gasteiger partial charge in [-0.05, 0) is 35.2 Å². The first-order chi connectivity index (χ1) is 5.65. The fourth-order valence-corrected chi connectivity index (χ4v) is 1.69. The summed E-state index contributed by atoms with van der Waals surface area (Å²) in [6, 6.07) is 4.74. The summed E-state index contributed by atoms with van der Waals surface area (Å²) in [6.07, 6.45) is 0.810. The van der Waals surface area contributed by atoms with Crippen molar-refractivity contribution in [1.29, 1.82) is 0 Å². The summed E-state index contributed by atoms with van der Waals surface area (Å²) < 4.78 is 21.0. The van der Waals surface area contributed by atoms with Crippen LogP contribution in [0.2, 0.25) is 5.02 Å². The SMILES string of the molecule is CCc1ccc(S(=O)[O-])cc1Cl.[Na+]. The zero-order valence-electron chi connectivity index (χ0n) is 7.54.